The summed E-state index contributed by atoms with van der Waals surface area (Å²) in [6.45, 7) is 4.15. The van der Waals surface area contributed by atoms with Crippen LogP contribution in [-0.2, 0) is 15.8 Å². The van der Waals surface area contributed by atoms with Gasteiger partial charge in [0.1, 0.15) is 0 Å². The number of amides is 1. The van der Waals surface area contributed by atoms with Crippen LogP contribution in [0.1, 0.15) is 27.0 Å². The van der Waals surface area contributed by atoms with Gasteiger partial charge in [0.2, 0.25) is 9.47 Å². The third-order valence-electron chi connectivity index (χ3n) is 4.17. The number of benzene rings is 2. The summed E-state index contributed by atoms with van der Waals surface area (Å²) in [7, 11) is -3.77. The summed E-state index contributed by atoms with van der Waals surface area (Å²) in [6.07, 6.45) is 0. The van der Waals surface area contributed by atoms with E-state index in [0.717, 1.165) is 22.7 Å². The molecule has 3 aromatic rings. The molecule has 7 nitrogen and oxygen atoms in total. The van der Waals surface area contributed by atoms with E-state index in [1.165, 1.54) is 11.1 Å². The Hall–Kier alpha value is -2.27. The molecule has 30 heavy (non-hydrogen) atoms. The number of aryl methyl sites for hydroxylation is 2. The lowest BCUT2D eigenvalue weighted by Crippen LogP contribution is -2.26. The van der Waals surface area contributed by atoms with Crippen molar-refractivity contribution in [1.82, 2.24) is 14.9 Å². The molecule has 0 radical (unpaired) electrons. The van der Waals surface area contributed by atoms with Crippen molar-refractivity contribution in [2.45, 2.75) is 23.9 Å². The van der Waals surface area contributed by atoms with E-state index in [1.54, 1.807) is 23.9 Å². The van der Waals surface area contributed by atoms with E-state index in [0.29, 0.717) is 11.3 Å². The summed E-state index contributed by atoms with van der Waals surface area (Å²) in [6, 6.07) is 15.4. The highest BCUT2D eigenvalue weighted by Gasteiger charge is 2.21. The average molecular weight is 463 g/mol. The minimum absolute atomic E-state index is 0.136. The molecule has 1 aromatic heterocycles. The summed E-state index contributed by atoms with van der Waals surface area (Å²) in [5.41, 5.74) is 3.73. The molecule has 0 bridgehead atoms. The van der Waals surface area contributed by atoms with Gasteiger partial charge in [-0.2, -0.15) is 11.8 Å². The lowest BCUT2D eigenvalue weighted by atomic mass is 10.1. The van der Waals surface area contributed by atoms with Crippen LogP contribution < -0.4 is 10.0 Å². The van der Waals surface area contributed by atoms with E-state index in [4.69, 9.17) is 0 Å². The topological polar surface area (TPSA) is 101 Å². The monoisotopic (exact) mass is 462 g/mol. The lowest BCUT2D eigenvalue weighted by molar-refractivity contribution is 0.102. The van der Waals surface area contributed by atoms with Crippen molar-refractivity contribution in [3.63, 3.8) is 0 Å². The predicted molar refractivity (Wildman–Crippen MR) is 122 cm³/mol. The Morgan fingerprint density at radius 2 is 1.80 bits per heavy atom. The molecular weight excluding hydrogens is 440 g/mol. The summed E-state index contributed by atoms with van der Waals surface area (Å²) in [5.74, 6) is 1.09. The van der Waals surface area contributed by atoms with Gasteiger partial charge in [-0.1, -0.05) is 59.4 Å². The highest BCUT2D eigenvalue weighted by Crippen LogP contribution is 2.21. The Balaban J connectivity index is 1.49. The van der Waals surface area contributed by atoms with Gasteiger partial charge in [-0.05, 0) is 31.0 Å². The molecule has 3 rings (SSSR count). The average Bonchev–Trinajstić information content (AvgIpc) is 3.19. The normalized spacial score (nSPS) is 11.4. The van der Waals surface area contributed by atoms with Crippen molar-refractivity contribution < 1.29 is 13.2 Å². The molecule has 10 heteroatoms. The highest BCUT2D eigenvalue weighted by molar-refractivity contribution is 7.98. The van der Waals surface area contributed by atoms with E-state index < -0.39 is 10.0 Å². The molecule has 0 aliphatic carbocycles. The Morgan fingerprint density at radius 1 is 1.07 bits per heavy atom. The van der Waals surface area contributed by atoms with Crippen LogP contribution in [0, 0.1) is 13.8 Å². The Bertz CT molecular complexity index is 1110. The van der Waals surface area contributed by atoms with Gasteiger partial charge in [0, 0.05) is 23.6 Å². The van der Waals surface area contributed by atoms with E-state index in [-0.39, 0.29) is 21.9 Å². The first kappa shape index (κ1) is 22.4. The molecule has 0 saturated carbocycles. The largest absolute Gasteiger partial charge is 0.296 e. The van der Waals surface area contributed by atoms with Gasteiger partial charge in [0.25, 0.3) is 15.9 Å². The van der Waals surface area contributed by atoms with E-state index in [1.807, 2.05) is 26.0 Å². The number of nitrogens with one attached hydrogen (secondary N) is 2. The molecule has 0 aliphatic rings. The Kier molecular flexibility index (Phi) is 7.59. The van der Waals surface area contributed by atoms with E-state index >= 15 is 0 Å². The SMILES string of the molecule is Cc1ccc(CSCCNS(=O)(=O)c2nnc(NC(=O)c3ccccc3C)s2)cc1. The van der Waals surface area contributed by atoms with Crippen LogP contribution in [0.2, 0.25) is 0 Å². The molecule has 0 aliphatic heterocycles. The second-order valence-electron chi connectivity index (χ2n) is 6.58. The first-order valence-electron chi connectivity index (χ1n) is 9.18. The number of anilines is 1. The van der Waals surface area contributed by atoms with Gasteiger partial charge in [-0.25, -0.2) is 13.1 Å². The molecular formula is C20H22N4O3S3. The second-order valence-corrected chi connectivity index (χ2v) is 10.6. The molecule has 0 spiro atoms. The number of hydrogen-bond donors (Lipinski definition) is 2. The van der Waals surface area contributed by atoms with Crippen molar-refractivity contribution in [1.29, 1.82) is 0 Å². The Labute approximate surface area is 184 Å². The number of carbonyl (C=O) groups is 1. The summed E-state index contributed by atoms with van der Waals surface area (Å²) < 4.78 is 27.2. The standard InChI is InChI=1S/C20H22N4O3S3/c1-14-7-9-16(10-8-14)13-28-12-11-21-30(26,27)20-24-23-19(29-20)22-18(25)17-6-4-3-5-15(17)2/h3-10,21H,11-13H2,1-2H3,(H,22,23,25). The van der Waals surface area contributed by atoms with Gasteiger partial charge in [-0.15, -0.1) is 10.2 Å². The second kappa shape index (κ2) is 10.2. The zero-order valence-electron chi connectivity index (χ0n) is 16.6. The van der Waals surface area contributed by atoms with Crippen LogP contribution in [0.4, 0.5) is 5.13 Å². The van der Waals surface area contributed by atoms with Gasteiger partial charge in [0.15, 0.2) is 0 Å². The van der Waals surface area contributed by atoms with Crippen molar-refractivity contribution in [3.8, 4) is 0 Å². The smallest absolute Gasteiger partial charge is 0.269 e. The fourth-order valence-corrected chi connectivity index (χ4v) is 5.46. The van der Waals surface area contributed by atoms with Crippen LogP contribution in [0.25, 0.3) is 0 Å². The van der Waals surface area contributed by atoms with Crippen LogP contribution in [0.3, 0.4) is 0 Å². The lowest BCUT2D eigenvalue weighted by Gasteiger charge is -2.05. The van der Waals surface area contributed by atoms with E-state index in [2.05, 4.69) is 44.5 Å². The third-order valence-corrected chi connectivity index (χ3v) is 7.87. The molecule has 158 valence electrons. The number of aromatic nitrogens is 2. The maximum absolute atomic E-state index is 12.4. The quantitative estimate of drug-likeness (QED) is 0.372. The summed E-state index contributed by atoms with van der Waals surface area (Å²) >= 11 is 2.46. The molecule has 2 N–H and O–H groups in total. The van der Waals surface area contributed by atoms with Gasteiger partial charge < -0.3 is 0 Å². The van der Waals surface area contributed by atoms with Crippen molar-refractivity contribution >= 4 is 44.2 Å². The maximum atomic E-state index is 12.4. The fraction of sp³-hybridized carbons (Fsp3) is 0.250. The molecule has 0 atom stereocenters. The molecule has 0 unspecified atom stereocenters. The van der Waals surface area contributed by atoms with Crippen molar-refractivity contribution in [3.05, 3.63) is 70.8 Å². The highest BCUT2D eigenvalue weighted by atomic mass is 32.2. The van der Waals surface area contributed by atoms with Crippen LogP contribution in [-0.4, -0.2) is 36.8 Å². The number of thioether (sulfide) groups is 1. The van der Waals surface area contributed by atoms with Gasteiger partial charge in [0.05, 0.1) is 0 Å². The number of sulfonamides is 1. The molecule has 2 aromatic carbocycles. The predicted octanol–water partition coefficient (Wildman–Crippen LogP) is 3.62. The number of rotatable bonds is 9. The van der Waals surface area contributed by atoms with Crippen LogP contribution in [0.15, 0.2) is 52.9 Å². The first-order valence-corrected chi connectivity index (χ1v) is 12.6. The minimum Gasteiger partial charge on any atom is -0.296 e. The number of hydrogen-bond acceptors (Lipinski definition) is 7. The molecule has 0 saturated heterocycles. The fourth-order valence-electron chi connectivity index (χ4n) is 2.55. The van der Waals surface area contributed by atoms with Crippen LogP contribution >= 0.6 is 23.1 Å². The van der Waals surface area contributed by atoms with Gasteiger partial charge in [-0.3, -0.25) is 10.1 Å². The van der Waals surface area contributed by atoms with Crippen molar-refractivity contribution in [2.24, 2.45) is 0 Å². The zero-order chi connectivity index (χ0) is 21.6. The van der Waals surface area contributed by atoms with Gasteiger partial charge >= 0.3 is 0 Å². The maximum Gasteiger partial charge on any atom is 0.269 e. The number of carbonyl (C=O) groups excluding carboxylic acids is 1. The minimum atomic E-state index is -3.77. The van der Waals surface area contributed by atoms with Crippen molar-refractivity contribution in [2.75, 3.05) is 17.6 Å². The molecule has 1 heterocycles. The van der Waals surface area contributed by atoms with Crippen LogP contribution in [0.5, 0.6) is 0 Å². The summed E-state index contributed by atoms with van der Waals surface area (Å²) in [5, 5.41) is 10.2. The third kappa shape index (κ3) is 6.11. The molecule has 0 fully saturated rings. The van der Waals surface area contributed by atoms with E-state index in [9.17, 15) is 13.2 Å². The number of nitrogens with zero attached hydrogens (tertiary/aromatic N) is 2. The first-order chi connectivity index (χ1) is 14.3. The zero-order valence-corrected chi connectivity index (χ0v) is 19.0. The molecule has 1 amide bonds. The Morgan fingerprint density at radius 3 is 2.53 bits per heavy atom. The summed E-state index contributed by atoms with van der Waals surface area (Å²) in [4.78, 5) is 12.3.